The molecule has 4 heteroatoms. The molecule has 0 aliphatic heterocycles. The molecule has 10 aromatic rings. The van der Waals surface area contributed by atoms with E-state index in [-0.39, 0.29) is 0 Å². The van der Waals surface area contributed by atoms with Crippen LogP contribution in [0.5, 0.6) is 0 Å². The lowest BCUT2D eigenvalue weighted by Crippen LogP contribution is -2.26. The predicted molar refractivity (Wildman–Crippen MR) is 253 cm³/mol. The van der Waals surface area contributed by atoms with Gasteiger partial charge in [-0.05, 0) is 132 Å². The first-order valence-corrected chi connectivity index (χ1v) is 21.2. The summed E-state index contributed by atoms with van der Waals surface area (Å²) in [7, 11) is 0. The van der Waals surface area contributed by atoms with Gasteiger partial charge in [-0.3, -0.25) is 4.98 Å². The molecule has 0 saturated carbocycles. The molecule has 2 aliphatic carbocycles. The fourth-order valence-electron chi connectivity index (χ4n) is 9.96. The van der Waals surface area contributed by atoms with Gasteiger partial charge in [-0.2, -0.15) is 5.26 Å². The molecular weight excluding hydrogens is 765 g/mol. The van der Waals surface area contributed by atoms with Crippen LogP contribution in [0.15, 0.2) is 219 Å². The lowest BCUT2D eigenvalue weighted by Gasteiger charge is -2.30. The SMILES string of the molecule is N#Cc1ccc2c(c1)C1(c3ccccc3-c3ccccc31)c1cc(-c3cc(-c4ccncc4)cc(-c4cc(-c5ccccc5)nc(-c5ccc(-c6ccccc6)cc5)n4)c3)ccc1-2. The van der Waals surface area contributed by atoms with E-state index < -0.39 is 5.41 Å². The molecule has 2 aliphatic rings. The summed E-state index contributed by atoms with van der Waals surface area (Å²) >= 11 is 0. The number of pyridine rings is 1. The molecule has 0 unspecified atom stereocenters. The summed E-state index contributed by atoms with van der Waals surface area (Å²) in [6.07, 6.45) is 3.69. The molecule has 0 bridgehead atoms. The zero-order chi connectivity index (χ0) is 41.9. The number of rotatable bonds is 6. The number of nitriles is 1. The van der Waals surface area contributed by atoms with Gasteiger partial charge in [0.15, 0.2) is 5.82 Å². The van der Waals surface area contributed by atoms with E-state index in [0.717, 1.165) is 67.0 Å². The molecule has 0 N–H and O–H groups in total. The van der Waals surface area contributed by atoms with Crippen LogP contribution in [0.4, 0.5) is 0 Å². The molecule has 0 saturated heterocycles. The van der Waals surface area contributed by atoms with E-state index in [4.69, 9.17) is 9.97 Å². The molecule has 8 aromatic carbocycles. The highest BCUT2D eigenvalue weighted by Gasteiger charge is 2.51. The van der Waals surface area contributed by atoms with Crippen LogP contribution in [0.1, 0.15) is 27.8 Å². The van der Waals surface area contributed by atoms with Gasteiger partial charge in [0.1, 0.15) is 0 Å². The normalized spacial score (nSPS) is 12.6. The van der Waals surface area contributed by atoms with Crippen molar-refractivity contribution >= 4 is 0 Å². The van der Waals surface area contributed by atoms with E-state index >= 15 is 0 Å². The predicted octanol–water partition coefficient (Wildman–Crippen LogP) is 14.1. The first-order chi connectivity index (χ1) is 31.2. The van der Waals surface area contributed by atoms with Crippen LogP contribution in [0, 0.1) is 11.3 Å². The Bertz CT molecular complexity index is 3400. The van der Waals surface area contributed by atoms with Crippen molar-refractivity contribution < 1.29 is 0 Å². The quantitative estimate of drug-likeness (QED) is 0.168. The van der Waals surface area contributed by atoms with Gasteiger partial charge in [-0.1, -0.05) is 152 Å². The van der Waals surface area contributed by atoms with Crippen molar-refractivity contribution in [1.29, 1.82) is 5.26 Å². The molecule has 2 heterocycles. The summed E-state index contributed by atoms with van der Waals surface area (Å²) in [5.41, 5.74) is 20.9. The number of nitrogens with zero attached hydrogens (tertiary/aromatic N) is 4. The van der Waals surface area contributed by atoms with Crippen molar-refractivity contribution in [3.8, 4) is 95.6 Å². The molecule has 63 heavy (non-hydrogen) atoms. The van der Waals surface area contributed by atoms with Crippen molar-refractivity contribution in [2.45, 2.75) is 5.41 Å². The first-order valence-electron chi connectivity index (χ1n) is 21.2. The molecular formula is C59H36N4. The van der Waals surface area contributed by atoms with Gasteiger partial charge in [0.05, 0.1) is 28.4 Å². The van der Waals surface area contributed by atoms with Crippen molar-refractivity contribution in [3.63, 3.8) is 0 Å². The highest BCUT2D eigenvalue weighted by Crippen LogP contribution is 2.63. The minimum Gasteiger partial charge on any atom is -0.265 e. The molecule has 4 nitrogen and oxygen atoms in total. The second-order valence-electron chi connectivity index (χ2n) is 16.3. The third-order valence-electron chi connectivity index (χ3n) is 12.8. The second kappa shape index (κ2) is 14.6. The highest BCUT2D eigenvalue weighted by molar-refractivity contribution is 5.96. The van der Waals surface area contributed by atoms with E-state index in [0.29, 0.717) is 11.4 Å². The van der Waals surface area contributed by atoms with E-state index in [1.807, 2.05) is 30.6 Å². The average molecular weight is 801 g/mol. The Morgan fingerprint density at radius 1 is 0.333 bits per heavy atom. The van der Waals surface area contributed by atoms with Crippen LogP contribution < -0.4 is 0 Å². The van der Waals surface area contributed by atoms with Crippen LogP contribution in [-0.4, -0.2) is 15.0 Å². The molecule has 0 amide bonds. The molecule has 0 radical (unpaired) electrons. The van der Waals surface area contributed by atoms with Crippen molar-refractivity contribution in [2.24, 2.45) is 0 Å². The van der Waals surface area contributed by atoms with Gasteiger partial charge in [-0.15, -0.1) is 0 Å². The van der Waals surface area contributed by atoms with E-state index in [1.54, 1.807) is 0 Å². The Balaban J connectivity index is 1.07. The van der Waals surface area contributed by atoms with Crippen LogP contribution in [0.3, 0.4) is 0 Å². The van der Waals surface area contributed by atoms with Gasteiger partial charge < -0.3 is 0 Å². The molecule has 12 rings (SSSR count). The third kappa shape index (κ3) is 5.86. The number of aromatic nitrogens is 3. The summed E-state index contributed by atoms with van der Waals surface area (Å²) in [6.45, 7) is 0. The van der Waals surface area contributed by atoms with Crippen molar-refractivity contribution in [2.75, 3.05) is 0 Å². The third-order valence-corrected chi connectivity index (χ3v) is 12.8. The second-order valence-corrected chi connectivity index (χ2v) is 16.3. The first kappa shape index (κ1) is 36.3. The van der Waals surface area contributed by atoms with Gasteiger partial charge in [0.2, 0.25) is 0 Å². The minimum absolute atomic E-state index is 0.589. The Kier molecular flexibility index (Phi) is 8.42. The van der Waals surface area contributed by atoms with Crippen molar-refractivity contribution in [1.82, 2.24) is 15.0 Å². The summed E-state index contributed by atoms with van der Waals surface area (Å²) in [6, 6.07) is 75.4. The lowest BCUT2D eigenvalue weighted by molar-refractivity contribution is 0.793. The van der Waals surface area contributed by atoms with Crippen molar-refractivity contribution in [3.05, 3.63) is 246 Å². The highest BCUT2D eigenvalue weighted by atomic mass is 14.9. The molecule has 1 spiro atoms. The standard InChI is InChI=1S/C59H36N4/c60-37-38-19-25-50-51-26-24-44(35-55(51)59(54(50)31-38)52-17-9-7-15-48(52)49-16-8-10-18-53(49)59)46-32-45(41-27-29-61-30-28-41)33-47(34-46)57-36-56(42-13-5-2-6-14-42)62-58(63-57)43-22-20-40(21-23-43)39-11-3-1-4-12-39/h1-36H. The van der Waals surface area contributed by atoms with Gasteiger partial charge >= 0.3 is 0 Å². The maximum Gasteiger partial charge on any atom is 0.160 e. The van der Waals surface area contributed by atoms with Crippen LogP contribution in [0.2, 0.25) is 0 Å². The maximum atomic E-state index is 10.2. The molecule has 2 aromatic heterocycles. The van der Waals surface area contributed by atoms with Gasteiger partial charge in [0.25, 0.3) is 0 Å². The number of hydrogen-bond acceptors (Lipinski definition) is 4. The van der Waals surface area contributed by atoms with Crippen LogP contribution in [-0.2, 0) is 5.41 Å². The van der Waals surface area contributed by atoms with Gasteiger partial charge in [-0.25, -0.2) is 9.97 Å². The Morgan fingerprint density at radius 3 is 1.48 bits per heavy atom. The Hall–Kier alpha value is -8.52. The summed E-state index contributed by atoms with van der Waals surface area (Å²) in [5.74, 6) is 0.661. The lowest BCUT2D eigenvalue weighted by atomic mass is 9.70. The van der Waals surface area contributed by atoms with E-state index in [2.05, 4.69) is 199 Å². The smallest absolute Gasteiger partial charge is 0.160 e. The molecule has 0 fully saturated rings. The Labute approximate surface area is 366 Å². The summed E-state index contributed by atoms with van der Waals surface area (Å²) in [4.78, 5) is 14.9. The van der Waals surface area contributed by atoms with Gasteiger partial charge in [0, 0.05) is 29.1 Å². The van der Waals surface area contributed by atoms with E-state index in [1.165, 1.54) is 38.9 Å². The summed E-state index contributed by atoms with van der Waals surface area (Å²) < 4.78 is 0. The summed E-state index contributed by atoms with van der Waals surface area (Å²) in [5, 5.41) is 10.2. The maximum absolute atomic E-state index is 10.2. The Morgan fingerprint density at radius 2 is 0.810 bits per heavy atom. The fourth-order valence-corrected chi connectivity index (χ4v) is 9.96. The number of hydrogen-bond donors (Lipinski definition) is 0. The number of benzene rings is 8. The fraction of sp³-hybridized carbons (Fsp3) is 0.0169. The van der Waals surface area contributed by atoms with Crippen LogP contribution in [0.25, 0.3) is 89.5 Å². The minimum atomic E-state index is -0.589. The van der Waals surface area contributed by atoms with E-state index in [9.17, 15) is 5.26 Å². The monoisotopic (exact) mass is 800 g/mol. The zero-order valence-electron chi connectivity index (χ0n) is 34.1. The number of fused-ring (bicyclic) bond motifs is 10. The largest absolute Gasteiger partial charge is 0.265 e. The topological polar surface area (TPSA) is 62.5 Å². The molecule has 292 valence electrons. The zero-order valence-corrected chi connectivity index (χ0v) is 34.1. The molecule has 0 atom stereocenters. The van der Waals surface area contributed by atoms with Crippen LogP contribution >= 0.6 is 0 Å². The average Bonchev–Trinajstić information content (AvgIpc) is 3.83.